The monoisotopic (exact) mass is 380 g/mol. The first-order valence-electron chi connectivity index (χ1n) is 8.47. The van der Waals surface area contributed by atoms with Crippen LogP contribution in [0.3, 0.4) is 0 Å². The number of aromatic nitrogens is 1. The Kier molecular flexibility index (Phi) is 6.17. The third-order valence-corrected chi connectivity index (χ3v) is 4.53. The van der Waals surface area contributed by atoms with Crippen LogP contribution in [0.25, 0.3) is 11.3 Å². The summed E-state index contributed by atoms with van der Waals surface area (Å²) >= 11 is 1.48. The van der Waals surface area contributed by atoms with Crippen molar-refractivity contribution >= 4 is 34.3 Å². The van der Waals surface area contributed by atoms with Crippen molar-refractivity contribution in [2.24, 2.45) is 5.10 Å². The average Bonchev–Trinajstić information content (AvgIpc) is 3.18. The molecule has 3 aromatic rings. The zero-order valence-electron chi connectivity index (χ0n) is 15.1. The number of thiazole rings is 1. The quantitative estimate of drug-likeness (QED) is 0.463. The Morgan fingerprint density at radius 3 is 2.59 bits per heavy atom. The van der Waals surface area contributed by atoms with Gasteiger partial charge in [0.25, 0.3) is 0 Å². The number of carbonyl (C=O) groups is 1. The maximum Gasteiger partial charge on any atom is 0.224 e. The minimum atomic E-state index is -0.00221. The highest BCUT2D eigenvalue weighted by molar-refractivity contribution is 7.14. The minimum absolute atomic E-state index is 0.00221. The Morgan fingerprint density at radius 1 is 1.19 bits per heavy atom. The van der Waals surface area contributed by atoms with Crippen LogP contribution in [-0.4, -0.2) is 24.2 Å². The summed E-state index contributed by atoms with van der Waals surface area (Å²) in [7, 11) is 1.64. The number of methoxy groups -OCH3 is 1. The highest BCUT2D eigenvalue weighted by atomic mass is 32.1. The highest BCUT2D eigenvalue weighted by Crippen LogP contribution is 2.26. The summed E-state index contributed by atoms with van der Waals surface area (Å²) in [5.41, 5.74) is 6.53. The van der Waals surface area contributed by atoms with Crippen LogP contribution in [0.1, 0.15) is 18.9 Å². The van der Waals surface area contributed by atoms with Gasteiger partial charge in [-0.2, -0.15) is 5.10 Å². The Balaban J connectivity index is 1.60. The molecule has 0 aliphatic heterocycles. The maximum atomic E-state index is 11.4. The molecule has 0 unspecified atom stereocenters. The average molecular weight is 380 g/mol. The molecule has 0 saturated carbocycles. The summed E-state index contributed by atoms with van der Waals surface area (Å²) in [5, 5.41) is 9.71. The van der Waals surface area contributed by atoms with E-state index in [1.54, 1.807) is 13.3 Å². The summed E-state index contributed by atoms with van der Waals surface area (Å²) in [5.74, 6) is 0.808. The Labute approximate surface area is 161 Å². The number of carbonyl (C=O) groups excluding carboxylic acids is 1. The zero-order valence-corrected chi connectivity index (χ0v) is 15.9. The smallest absolute Gasteiger partial charge is 0.224 e. The van der Waals surface area contributed by atoms with Crippen molar-refractivity contribution in [2.75, 3.05) is 17.9 Å². The number of ether oxygens (including phenoxy) is 1. The van der Waals surface area contributed by atoms with Gasteiger partial charge in [-0.3, -0.25) is 10.2 Å². The van der Waals surface area contributed by atoms with Gasteiger partial charge in [-0.25, -0.2) is 4.98 Å². The molecule has 0 atom stereocenters. The van der Waals surface area contributed by atoms with Gasteiger partial charge in [0, 0.05) is 23.1 Å². The van der Waals surface area contributed by atoms with E-state index in [1.165, 1.54) is 11.3 Å². The van der Waals surface area contributed by atoms with Crippen LogP contribution in [0.15, 0.2) is 59.0 Å². The van der Waals surface area contributed by atoms with Crippen molar-refractivity contribution in [3.05, 3.63) is 59.5 Å². The van der Waals surface area contributed by atoms with Crippen molar-refractivity contribution in [2.45, 2.75) is 13.3 Å². The SMILES string of the molecule is CCC(=O)Nc1ccc(-c2csc(N/N=C\c3ccc(OC)cc3)n2)cc1. The molecule has 0 spiro atoms. The lowest BCUT2D eigenvalue weighted by molar-refractivity contribution is -0.115. The second-order valence-corrected chi connectivity index (χ2v) is 6.52. The second-order valence-electron chi connectivity index (χ2n) is 5.66. The summed E-state index contributed by atoms with van der Waals surface area (Å²) in [6, 6.07) is 15.2. The predicted octanol–water partition coefficient (Wildman–Crippen LogP) is 4.61. The fraction of sp³-hybridized carbons (Fsp3) is 0.150. The molecule has 3 rings (SSSR count). The lowest BCUT2D eigenvalue weighted by atomic mass is 10.1. The van der Waals surface area contributed by atoms with Gasteiger partial charge in [0.1, 0.15) is 5.75 Å². The van der Waals surface area contributed by atoms with Crippen LogP contribution in [0, 0.1) is 0 Å². The molecule has 27 heavy (non-hydrogen) atoms. The molecule has 1 amide bonds. The fourth-order valence-electron chi connectivity index (χ4n) is 2.28. The van der Waals surface area contributed by atoms with Crippen molar-refractivity contribution in [1.29, 1.82) is 0 Å². The number of benzene rings is 2. The van der Waals surface area contributed by atoms with Gasteiger partial charge < -0.3 is 10.1 Å². The van der Waals surface area contributed by atoms with Crippen molar-refractivity contribution in [3.8, 4) is 17.0 Å². The van der Waals surface area contributed by atoms with Crippen LogP contribution >= 0.6 is 11.3 Å². The second kappa shape index (κ2) is 8.95. The normalized spacial score (nSPS) is 10.7. The van der Waals surface area contributed by atoms with Crippen molar-refractivity contribution < 1.29 is 9.53 Å². The van der Waals surface area contributed by atoms with E-state index >= 15 is 0 Å². The molecule has 0 aliphatic carbocycles. The molecule has 7 heteroatoms. The number of amides is 1. The standard InChI is InChI=1S/C20H20N4O2S/c1-3-19(25)22-16-8-6-15(7-9-16)18-13-27-20(23-18)24-21-12-14-4-10-17(26-2)11-5-14/h4-13H,3H2,1-2H3,(H,22,25)(H,23,24)/b21-12-. The Bertz CT molecular complexity index is 918. The van der Waals surface area contributed by atoms with Gasteiger partial charge in [-0.05, 0) is 42.0 Å². The minimum Gasteiger partial charge on any atom is -0.497 e. The van der Waals surface area contributed by atoms with Crippen molar-refractivity contribution in [3.63, 3.8) is 0 Å². The zero-order chi connectivity index (χ0) is 19.1. The first-order valence-corrected chi connectivity index (χ1v) is 9.35. The fourth-order valence-corrected chi connectivity index (χ4v) is 2.95. The summed E-state index contributed by atoms with van der Waals surface area (Å²) in [6.45, 7) is 1.82. The summed E-state index contributed by atoms with van der Waals surface area (Å²) < 4.78 is 5.13. The number of anilines is 2. The maximum absolute atomic E-state index is 11.4. The molecule has 2 aromatic carbocycles. The van der Waals surface area contributed by atoms with Crippen LogP contribution in [0.4, 0.5) is 10.8 Å². The van der Waals surface area contributed by atoms with E-state index < -0.39 is 0 Å². The Morgan fingerprint density at radius 2 is 1.93 bits per heavy atom. The van der Waals surface area contributed by atoms with Gasteiger partial charge in [0.05, 0.1) is 19.0 Å². The molecule has 0 aliphatic rings. The lowest BCUT2D eigenvalue weighted by Crippen LogP contribution is -2.08. The number of nitrogens with one attached hydrogen (secondary N) is 2. The molecular formula is C20H20N4O2S. The van der Waals surface area contributed by atoms with E-state index in [-0.39, 0.29) is 5.91 Å². The number of nitrogens with zero attached hydrogens (tertiary/aromatic N) is 2. The largest absolute Gasteiger partial charge is 0.497 e. The summed E-state index contributed by atoms with van der Waals surface area (Å²) in [4.78, 5) is 16.0. The molecular weight excluding hydrogens is 360 g/mol. The molecule has 0 bridgehead atoms. The van der Waals surface area contributed by atoms with Crippen LogP contribution in [0.2, 0.25) is 0 Å². The topological polar surface area (TPSA) is 75.6 Å². The first kappa shape index (κ1) is 18.6. The van der Waals surface area contributed by atoms with Crippen LogP contribution < -0.4 is 15.5 Å². The third kappa shape index (κ3) is 5.15. The third-order valence-electron chi connectivity index (χ3n) is 3.78. The molecule has 0 radical (unpaired) electrons. The molecule has 0 saturated heterocycles. The van der Waals surface area contributed by atoms with Gasteiger partial charge in [-0.15, -0.1) is 11.3 Å². The van der Waals surface area contributed by atoms with Crippen molar-refractivity contribution in [1.82, 2.24) is 4.98 Å². The predicted molar refractivity (Wildman–Crippen MR) is 111 cm³/mol. The number of hydrazone groups is 1. The van der Waals surface area contributed by atoms with E-state index in [1.807, 2.05) is 60.8 Å². The number of hydrogen-bond donors (Lipinski definition) is 2. The van der Waals surface area contributed by atoms with Gasteiger partial charge in [0.15, 0.2) is 0 Å². The van der Waals surface area contributed by atoms with E-state index in [4.69, 9.17) is 4.74 Å². The van der Waals surface area contributed by atoms with Crippen LogP contribution in [-0.2, 0) is 4.79 Å². The summed E-state index contributed by atoms with van der Waals surface area (Å²) in [6.07, 6.45) is 2.19. The van der Waals surface area contributed by atoms with Crippen LogP contribution in [0.5, 0.6) is 5.75 Å². The molecule has 1 aromatic heterocycles. The molecule has 1 heterocycles. The molecule has 2 N–H and O–H groups in total. The van der Waals surface area contributed by atoms with Gasteiger partial charge >= 0.3 is 0 Å². The van der Waals surface area contributed by atoms with E-state index in [0.717, 1.165) is 28.3 Å². The van der Waals surface area contributed by atoms with Gasteiger partial charge in [0.2, 0.25) is 11.0 Å². The van der Waals surface area contributed by atoms with Gasteiger partial charge in [-0.1, -0.05) is 19.1 Å². The number of hydrogen-bond acceptors (Lipinski definition) is 6. The first-order chi connectivity index (χ1) is 13.2. The molecule has 0 fully saturated rings. The highest BCUT2D eigenvalue weighted by Gasteiger charge is 2.05. The molecule has 6 nitrogen and oxygen atoms in total. The number of rotatable bonds is 7. The van der Waals surface area contributed by atoms with E-state index in [0.29, 0.717) is 11.6 Å². The lowest BCUT2D eigenvalue weighted by Gasteiger charge is -2.04. The van der Waals surface area contributed by atoms with E-state index in [9.17, 15) is 4.79 Å². The van der Waals surface area contributed by atoms with E-state index in [2.05, 4.69) is 20.8 Å². The Hall–Kier alpha value is -3.19. The molecule has 138 valence electrons.